The first-order valence-electron chi connectivity index (χ1n) is 6.93. The average Bonchev–Trinajstić information content (AvgIpc) is 3.01. The van der Waals surface area contributed by atoms with Crippen LogP contribution in [-0.4, -0.2) is 20.5 Å². The number of fused-ring (bicyclic) bond motifs is 3. The summed E-state index contributed by atoms with van der Waals surface area (Å²) in [5.74, 6) is -1.02. The number of carboxylic acid groups (broad SMARTS) is 1. The molecule has 4 nitrogen and oxygen atoms in total. The fourth-order valence-corrected chi connectivity index (χ4v) is 2.74. The molecule has 0 unspecified atom stereocenters. The molecule has 0 bridgehead atoms. The Morgan fingerprint density at radius 1 is 1.00 bits per heavy atom. The Morgan fingerprint density at radius 2 is 1.73 bits per heavy atom. The zero-order chi connectivity index (χ0) is 15.1. The molecule has 4 aromatic rings. The maximum atomic E-state index is 11.3. The fraction of sp³-hybridized carbons (Fsp3) is 0. The molecule has 4 rings (SSSR count). The van der Waals surface area contributed by atoms with Gasteiger partial charge in [0.1, 0.15) is 5.65 Å². The molecule has 0 aliphatic rings. The summed E-state index contributed by atoms with van der Waals surface area (Å²) in [6, 6.07) is 19.8. The molecular formula is C18H12N2O2. The Kier molecular flexibility index (Phi) is 2.69. The van der Waals surface area contributed by atoms with Gasteiger partial charge in [-0.05, 0) is 23.1 Å². The summed E-state index contributed by atoms with van der Waals surface area (Å²) >= 11 is 0. The van der Waals surface area contributed by atoms with E-state index in [0.29, 0.717) is 5.65 Å². The summed E-state index contributed by atoms with van der Waals surface area (Å²) in [4.78, 5) is 15.6. The normalized spacial score (nSPS) is 11.1. The van der Waals surface area contributed by atoms with Gasteiger partial charge in [-0.25, -0.2) is 9.78 Å². The molecule has 0 saturated heterocycles. The van der Waals surface area contributed by atoms with E-state index < -0.39 is 5.97 Å². The number of carbonyl (C=O) groups is 1. The van der Waals surface area contributed by atoms with E-state index in [1.807, 2.05) is 59.0 Å². The predicted molar refractivity (Wildman–Crippen MR) is 85.1 cm³/mol. The third-order valence-corrected chi connectivity index (χ3v) is 3.75. The van der Waals surface area contributed by atoms with Crippen LogP contribution < -0.4 is 0 Å². The number of aromatic nitrogens is 2. The molecule has 0 amide bonds. The second-order valence-electron chi connectivity index (χ2n) is 5.11. The lowest BCUT2D eigenvalue weighted by Crippen LogP contribution is -1.95. The van der Waals surface area contributed by atoms with Gasteiger partial charge < -0.3 is 5.11 Å². The maximum Gasteiger partial charge on any atom is 0.356 e. The zero-order valence-electron chi connectivity index (χ0n) is 11.6. The summed E-state index contributed by atoms with van der Waals surface area (Å²) in [5.41, 5.74) is 3.58. The third-order valence-electron chi connectivity index (χ3n) is 3.75. The van der Waals surface area contributed by atoms with Crippen molar-refractivity contribution in [3.05, 3.63) is 72.6 Å². The van der Waals surface area contributed by atoms with E-state index in [1.165, 1.54) is 0 Å². The van der Waals surface area contributed by atoms with Crippen LogP contribution in [0.3, 0.4) is 0 Å². The van der Waals surface area contributed by atoms with Crippen molar-refractivity contribution >= 4 is 22.5 Å². The van der Waals surface area contributed by atoms with Crippen LogP contribution in [0.15, 0.2) is 66.9 Å². The van der Waals surface area contributed by atoms with Crippen LogP contribution in [0.1, 0.15) is 10.5 Å². The molecule has 0 fully saturated rings. The monoisotopic (exact) mass is 288 g/mol. The highest BCUT2D eigenvalue weighted by Gasteiger charge is 2.15. The van der Waals surface area contributed by atoms with Crippen molar-refractivity contribution in [2.45, 2.75) is 0 Å². The van der Waals surface area contributed by atoms with Crippen molar-refractivity contribution in [3.8, 4) is 11.1 Å². The van der Waals surface area contributed by atoms with E-state index in [-0.39, 0.29) is 5.69 Å². The van der Waals surface area contributed by atoms with Crippen LogP contribution in [0.2, 0.25) is 0 Å². The average molecular weight is 288 g/mol. The molecule has 0 spiro atoms. The lowest BCUT2D eigenvalue weighted by molar-refractivity contribution is 0.0691. The largest absolute Gasteiger partial charge is 0.476 e. The van der Waals surface area contributed by atoms with Gasteiger partial charge in [-0.15, -0.1) is 0 Å². The number of hydrogen-bond acceptors (Lipinski definition) is 2. The number of benzene rings is 2. The third kappa shape index (κ3) is 1.85. The Labute approximate surface area is 126 Å². The standard InChI is InChI=1S/C18H12N2O2/c21-18(22)15-11-20-16-9-5-4-8-13(16)10-14(17(20)19-15)12-6-2-1-3-7-12/h1-11H,(H,21,22). The number of para-hydroxylation sites is 1. The van der Waals surface area contributed by atoms with Gasteiger partial charge in [0, 0.05) is 11.8 Å². The van der Waals surface area contributed by atoms with Crippen molar-refractivity contribution in [2.75, 3.05) is 0 Å². The molecule has 2 heterocycles. The van der Waals surface area contributed by atoms with E-state index in [0.717, 1.165) is 22.0 Å². The summed E-state index contributed by atoms with van der Waals surface area (Å²) in [6.07, 6.45) is 1.58. The smallest absolute Gasteiger partial charge is 0.356 e. The van der Waals surface area contributed by atoms with Gasteiger partial charge in [-0.3, -0.25) is 4.40 Å². The highest BCUT2D eigenvalue weighted by molar-refractivity contribution is 5.94. The van der Waals surface area contributed by atoms with Gasteiger partial charge in [0.05, 0.1) is 5.52 Å². The Bertz CT molecular complexity index is 1000. The van der Waals surface area contributed by atoms with Crippen LogP contribution in [0.25, 0.3) is 27.7 Å². The van der Waals surface area contributed by atoms with E-state index in [4.69, 9.17) is 0 Å². The van der Waals surface area contributed by atoms with Crippen molar-refractivity contribution in [1.29, 1.82) is 0 Å². The Balaban J connectivity index is 2.16. The number of nitrogens with zero attached hydrogens (tertiary/aromatic N) is 2. The van der Waals surface area contributed by atoms with Crippen LogP contribution >= 0.6 is 0 Å². The molecule has 0 aliphatic carbocycles. The quantitative estimate of drug-likeness (QED) is 0.609. The minimum atomic E-state index is -1.02. The van der Waals surface area contributed by atoms with Gasteiger partial charge in [-0.2, -0.15) is 0 Å². The van der Waals surface area contributed by atoms with E-state index in [1.54, 1.807) is 6.20 Å². The van der Waals surface area contributed by atoms with Gasteiger partial charge >= 0.3 is 5.97 Å². The van der Waals surface area contributed by atoms with E-state index >= 15 is 0 Å². The lowest BCUT2D eigenvalue weighted by atomic mass is 10.0. The Morgan fingerprint density at radius 3 is 2.50 bits per heavy atom. The molecule has 0 aliphatic heterocycles. The minimum Gasteiger partial charge on any atom is -0.476 e. The molecule has 0 atom stereocenters. The topological polar surface area (TPSA) is 54.6 Å². The van der Waals surface area contributed by atoms with Gasteiger partial charge in [-0.1, -0.05) is 48.5 Å². The molecule has 0 radical (unpaired) electrons. The second kappa shape index (κ2) is 4.70. The summed E-state index contributed by atoms with van der Waals surface area (Å²) < 4.78 is 1.85. The molecule has 1 N–H and O–H groups in total. The molecule has 2 aromatic heterocycles. The molecule has 2 aromatic carbocycles. The van der Waals surface area contributed by atoms with Crippen molar-refractivity contribution in [1.82, 2.24) is 9.38 Å². The summed E-state index contributed by atoms with van der Waals surface area (Å²) in [5, 5.41) is 10.3. The highest BCUT2D eigenvalue weighted by Crippen LogP contribution is 2.29. The zero-order valence-corrected chi connectivity index (χ0v) is 11.6. The first-order valence-corrected chi connectivity index (χ1v) is 6.93. The fourth-order valence-electron chi connectivity index (χ4n) is 2.74. The first kappa shape index (κ1) is 12.6. The molecule has 4 heteroatoms. The van der Waals surface area contributed by atoms with Crippen molar-refractivity contribution in [2.24, 2.45) is 0 Å². The summed E-state index contributed by atoms with van der Waals surface area (Å²) in [6.45, 7) is 0. The van der Waals surface area contributed by atoms with Crippen LogP contribution in [0, 0.1) is 0 Å². The number of rotatable bonds is 2. The molecular weight excluding hydrogens is 276 g/mol. The first-order chi connectivity index (χ1) is 10.7. The number of carboxylic acids is 1. The number of pyridine rings is 1. The van der Waals surface area contributed by atoms with Gasteiger partial charge in [0.2, 0.25) is 0 Å². The molecule has 0 saturated carbocycles. The van der Waals surface area contributed by atoms with Crippen LogP contribution in [0.4, 0.5) is 0 Å². The van der Waals surface area contributed by atoms with Crippen molar-refractivity contribution < 1.29 is 9.90 Å². The lowest BCUT2D eigenvalue weighted by Gasteiger charge is -2.08. The number of imidazole rings is 1. The highest BCUT2D eigenvalue weighted by atomic mass is 16.4. The molecule has 106 valence electrons. The predicted octanol–water partition coefficient (Wildman–Crippen LogP) is 3.85. The maximum absolute atomic E-state index is 11.3. The Hall–Kier alpha value is -3.14. The van der Waals surface area contributed by atoms with Gasteiger partial charge in [0.15, 0.2) is 5.69 Å². The minimum absolute atomic E-state index is 0.0496. The van der Waals surface area contributed by atoms with E-state index in [2.05, 4.69) is 11.1 Å². The number of hydrogen-bond donors (Lipinski definition) is 1. The van der Waals surface area contributed by atoms with E-state index in [9.17, 15) is 9.90 Å². The number of aromatic carboxylic acids is 1. The van der Waals surface area contributed by atoms with Gasteiger partial charge in [0.25, 0.3) is 0 Å². The molecule has 22 heavy (non-hydrogen) atoms. The second-order valence-corrected chi connectivity index (χ2v) is 5.11. The van der Waals surface area contributed by atoms with Crippen molar-refractivity contribution in [3.63, 3.8) is 0 Å². The SMILES string of the molecule is O=C(O)c1cn2c(n1)c(-c1ccccc1)cc1ccccc12. The summed E-state index contributed by atoms with van der Waals surface area (Å²) in [7, 11) is 0. The van der Waals surface area contributed by atoms with Crippen LogP contribution in [-0.2, 0) is 0 Å². The van der Waals surface area contributed by atoms with Crippen LogP contribution in [0.5, 0.6) is 0 Å².